The zero-order valence-electron chi connectivity index (χ0n) is 18.7. The highest BCUT2D eigenvalue weighted by atomic mass is 16.5. The smallest absolute Gasteiger partial charge is 0.349 e. The Morgan fingerprint density at radius 1 is 1.17 bits per heavy atom. The molecular formula is C25H30N2O3. The number of aryl methyl sites for hydroxylation is 1. The summed E-state index contributed by atoms with van der Waals surface area (Å²) in [5.41, 5.74) is 4.33. The van der Waals surface area contributed by atoms with E-state index in [-0.39, 0.29) is 16.8 Å². The van der Waals surface area contributed by atoms with Crippen LogP contribution in [0.15, 0.2) is 35.9 Å². The summed E-state index contributed by atoms with van der Waals surface area (Å²) >= 11 is 0. The van der Waals surface area contributed by atoms with Gasteiger partial charge >= 0.3 is 5.97 Å². The van der Waals surface area contributed by atoms with Crippen LogP contribution in [-0.4, -0.2) is 22.9 Å². The summed E-state index contributed by atoms with van der Waals surface area (Å²) in [5, 5.41) is 9.41. The van der Waals surface area contributed by atoms with E-state index in [9.17, 15) is 14.9 Å². The number of ether oxygens (including phenoxy) is 1. The van der Waals surface area contributed by atoms with Crippen LogP contribution in [0.1, 0.15) is 67.0 Å². The minimum atomic E-state index is -0.794. The van der Waals surface area contributed by atoms with Crippen molar-refractivity contribution < 1.29 is 14.3 Å². The molecule has 0 aliphatic heterocycles. The van der Waals surface area contributed by atoms with E-state index >= 15 is 0 Å². The average molecular weight is 407 g/mol. The molecule has 0 aliphatic carbocycles. The number of rotatable bonds is 7. The molecule has 1 aromatic carbocycles. The maximum atomic E-state index is 12.4. The summed E-state index contributed by atoms with van der Waals surface area (Å²) in [5.74, 6) is -1.10. The van der Waals surface area contributed by atoms with Crippen molar-refractivity contribution in [2.45, 2.75) is 59.9 Å². The predicted octanol–water partition coefficient (Wildman–Crippen LogP) is 5.15. The van der Waals surface area contributed by atoms with Crippen molar-refractivity contribution in [3.05, 3.63) is 64.0 Å². The Labute approximate surface area is 179 Å². The van der Waals surface area contributed by atoms with Gasteiger partial charge in [0.1, 0.15) is 11.6 Å². The molecule has 2 aromatic rings. The Kier molecular flexibility index (Phi) is 7.39. The molecule has 2 rings (SSSR count). The molecule has 158 valence electrons. The third kappa shape index (κ3) is 5.48. The standard InChI is InChI=1S/C25H30N2O3/c1-7-12-27-17(2)13-20(18(27)3)14-21(15-26)24(29)30-16-23(28)19-8-10-22(11-9-19)25(4,5)6/h8-11,13-14H,7,12,16H2,1-6H3/b21-14+. The van der Waals surface area contributed by atoms with Crippen LogP contribution in [0, 0.1) is 25.2 Å². The van der Waals surface area contributed by atoms with E-state index < -0.39 is 12.6 Å². The van der Waals surface area contributed by atoms with Crippen molar-refractivity contribution in [2.24, 2.45) is 0 Å². The number of esters is 1. The summed E-state index contributed by atoms with van der Waals surface area (Å²) in [6.45, 7) is 12.8. The molecule has 5 nitrogen and oxygen atoms in total. The summed E-state index contributed by atoms with van der Waals surface area (Å²) < 4.78 is 7.27. The van der Waals surface area contributed by atoms with E-state index in [0.29, 0.717) is 5.56 Å². The van der Waals surface area contributed by atoms with Crippen LogP contribution in [0.5, 0.6) is 0 Å². The van der Waals surface area contributed by atoms with Crippen LogP contribution < -0.4 is 0 Å². The van der Waals surface area contributed by atoms with Crippen LogP contribution in [0.2, 0.25) is 0 Å². The summed E-state index contributed by atoms with van der Waals surface area (Å²) in [6, 6.07) is 11.1. The molecular weight excluding hydrogens is 376 g/mol. The van der Waals surface area contributed by atoms with Crippen molar-refractivity contribution in [1.82, 2.24) is 4.57 Å². The molecule has 1 aromatic heterocycles. The SMILES string of the molecule is CCCn1c(C)cc(/C=C(\C#N)C(=O)OCC(=O)c2ccc(C(C)(C)C)cc2)c1C. The monoisotopic (exact) mass is 406 g/mol. The average Bonchev–Trinajstić information content (AvgIpc) is 2.97. The Morgan fingerprint density at radius 2 is 1.80 bits per heavy atom. The van der Waals surface area contributed by atoms with Crippen LogP contribution in [-0.2, 0) is 21.5 Å². The fourth-order valence-electron chi connectivity index (χ4n) is 3.28. The number of carbonyl (C=O) groups is 2. The lowest BCUT2D eigenvalue weighted by Gasteiger charge is -2.18. The molecule has 0 bridgehead atoms. The van der Waals surface area contributed by atoms with Crippen molar-refractivity contribution in [3.8, 4) is 6.07 Å². The van der Waals surface area contributed by atoms with Gasteiger partial charge in [0.15, 0.2) is 12.4 Å². The molecule has 0 spiro atoms. The van der Waals surface area contributed by atoms with Gasteiger partial charge in [-0.2, -0.15) is 5.26 Å². The minimum absolute atomic E-state index is 0.00685. The van der Waals surface area contributed by atoms with Crippen molar-refractivity contribution in [2.75, 3.05) is 6.61 Å². The number of hydrogen-bond acceptors (Lipinski definition) is 4. The number of hydrogen-bond donors (Lipinski definition) is 0. The van der Waals surface area contributed by atoms with Crippen molar-refractivity contribution >= 4 is 17.8 Å². The van der Waals surface area contributed by atoms with E-state index in [1.54, 1.807) is 12.1 Å². The van der Waals surface area contributed by atoms with E-state index in [2.05, 4.69) is 32.3 Å². The minimum Gasteiger partial charge on any atom is -0.453 e. The topological polar surface area (TPSA) is 72.1 Å². The van der Waals surface area contributed by atoms with Gasteiger partial charge in [-0.15, -0.1) is 0 Å². The predicted molar refractivity (Wildman–Crippen MR) is 118 cm³/mol. The molecule has 0 atom stereocenters. The second-order valence-corrected chi connectivity index (χ2v) is 8.47. The molecule has 0 aliphatic rings. The van der Waals surface area contributed by atoms with Gasteiger partial charge in [-0.1, -0.05) is 52.0 Å². The molecule has 0 amide bonds. The van der Waals surface area contributed by atoms with Gasteiger partial charge < -0.3 is 9.30 Å². The Morgan fingerprint density at radius 3 is 2.33 bits per heavy atom. The maximum absolute atomic E-state index is 12.4. The van der Waals surface area contributed by atoms with Gasteiger partial charge in [-0.25, -0.2) is 4.79 Å². The summed E-state index contributed by atoms with van der Waals surface area (Å²) in [4.78, 5) is 24.7. The van der Waals surface area contributed by atoms with Gasteiger partial charge in [-0.3, -0.25) is 4.79 Å². The van der Waals surface area contributed by atoms with E-state index in [4.69, 9.17) is 4.74 Å². The Balaban J connectivity index is 2.09. The lowest BCUT2D eigenvalue weighted by atomic mass is 9.86. The van der Waals surface area contributed by atoms with Gasteiger partial charge in [0, 0.05) is 23.5 Å². The van der Waals surface area contributed by atoms with Crippen LogP contribution in [0.4, 0.5) is 0 Å². The van der Waals surface area contributed by atoms with Crippen LogP contribution in [0.25, 0.3) is 6.08 Å². The molecule has 0 unspecified atom stereocenters. The first-order valence-electron chi connectivity index (χ1n) is 10.2. The largest absolute Gasteiger partial charge is 0.453 e. The first kappa shape index (κ1) is 23.2. The lowest BCUT2D eigenvalue weighted by Crippen LogP contribution is -2.16. The van der Waals surface area contributed by atoms with E-state index in [1.165, 1.54) is 6.08 Å². The first-order valence-corrected chi connectivity index (χ1v) is 10.2. The van der Waals surface area contributed by atoms with Crippen LogP contribution >= 0.6 is 0 Å². The number of nitriles is 1. The van der Waals surface area contributed by atoms with Gasteiger partial charge in [0.25, 0.3) is 0 Å². The highest BCUT2D eigenvalue weighted by Crippen LogP contribution is 2.22. The summed E-state index contributed by atoms with van der Waals surface area (Å²) in [7, 11) is 0. The molecule has 0 saturated heterocycles. The van der Waals surface area contributed by atoms with Crippen LogP contribution in [0.3, 0.4) is 0 Å². The second-order valence-electron chi connectivity index (χ2n) is 8.47. The third-order valence-electron chi connectivity index (χ3n) is 5.11. The molecule has 30 heavy (non-hydrogen) atoms. The first-order chi connectivity index (χ1) is 14.1. The van der Waals surface area contributed by atoms with Gasteiger partial charge in [0.05, 0.1) is 0 Å². The maximum Gasteiger partial charge on any atom is 0.349 e. The molecule has 5 heteroatoms. The molecule has 0 saturated carbocycles. The van der Waals surface area contributed by atoms with Gasteiger partial charge in [0.2, 0.25) is 0 Å². The lowest BCUT2D eigenvalue weighted by molar-refractivity contribution is -0.137. The number of Topliss-reactive ketones (excluding diaryl/α,β-unsaturated/α-hetero) is 1. The number of aromatic nitrogens is 1. The fraction of sp³-hybridized carbons (Fsp3) is 0.400. The Hall–Kier alpha value is -3.13. The second kappa shape index (κ2) is 9.58. The van der Waals surface area contributed by atoms with Gasteiger partial charge in [-0.05, 0) is 49.0 Å². The normalized spacial score (nSPS) is 11.8. The fourth-order valence-corrected chi connectivity index (χ4v) is 3.28. The van der Waals surface area contributed by atoms with E-state index in [0.717, 1.165) is 35.5 Å². The molecule has 0 radical (unpaired) electrons. The molecule has 0 fully saturated rings. The zero-order valence-corrected chi connectivity index (χ0v) is 18.7. The zero-order chi connectivity index (χ0) is 22.5. The number of carbonyl (C=O) groups excluding carboxylic acids is 2. The number of nitrogens with zero attached hydrogens (tertiary/aromatic N) is 2. The summed E-state index contributed by atoms with van der Waals surface area (Å²) in [6.07, 6.45) is 2.52. The highest BCUT2D eigenvalue weighted by molar-refractivity contribution is 6.02. The quantitative estimate of drug-likeness (QED) is 0.276. The van der Waals surface area contributed by atoms with Crippen molar-refractivity contribution in [1.29, 1.82) is 5.26 Å². The van der Waals surface area contributed by atoms with E-state index in [1.807, 2.05) is 38.1 Å². The molecule has 0 N–H and O–H groups in total. The molecule has 1 heterocycles. The van der Waals surface area contributed by atoms with Crippen molar-refractivity contribution in [3.63, 3.8) is 0 Å². The Bertz CT molecular complexity index is 997. The number of benzene rings is 1. The third-order valence-corrected chi connectivity index (χ3v) is 5.11. The highest BCUT2D eigenvalue weighted by Gasteiger charge is 2.17. The number of ketones is 1.